The van der Waals surface area contributed by atoms with E-state index < -0.39 is 35.1 Å². The third-order valence-corrected chi connectivity index (χ3v) is 8.63. The van der Waals surface area contributed by atoms with Gasteiger partial charge in [-0.2, -0.15) is 4.31 Å². The Morgan fingerprint density at radius 1 is 1.09 bits per heavy atom. The Labute approximate surface area is 207 Å². The minimum Gasteiger partial charge on any atom is -0.454 e. The molecule has 0 unspecified atom stereocenters. The molecule has 11 nitrogen and oxygen atoms in total. The molecule has 2 heterocycles. The minimum atomic E-state index is -3.81. The normalized spacial score (nSPS) is 23.2. The molecule has 1 aliphatic carbocycles. The average Bonchev–Trinajstić information content (AvgIpc) is 3.09. The van der Waals surface area contributed by atoms with Crippen LogP contribution in [0, 0.1) is 11.8 Å². The Morgan fingerprint density at radius 3 is 2.34 bits per heavy atom. The van der Waals surface area contributed by atoms with E-state index in [2.05, 4.69) is 5.32 Å². The molecule has 1 N–H and O–H groups in total. The Hall–Kier alpha value is -2.54. The number of fused-ring (bicyclic) bond motifs is 1. The maximum atomic E-state index is 12.8. The number of halogens is 1. The predicted molar refractivity (Wildman–Crippen MR) is 123 cm³/mol. The monoisotopic (exact) mass is 527 g/mol. The van der Waals surface area contributed by atoms with Gasteiger partial charge in [0.05, 0.1) is 40.7 Å². The Bertz CT molecular complexity index is 1110. The molecule has 1 saturated carbocycles. The summed E-state index contributed by atoms with van der Waals surface area (Å²) in [5.74, 6) is -3.15. The molecular formula is C22H26ClN3O8S. The fraction of sp³-hybridized carbons (Fsp3) is 0.545. The van der Waals surface area contributed by atoms with Crippen LogP contribution in [0.5, 0.6) is 0 Å². The highest BCUT2D eigenvalue weighted by molar-refractivity contribution is 7.89. The number of nitrogens with zero attached hydrogens (tertiary/aromatic N) is 2. The zero-order valence-corrected chi connectivity index (χ0v) is 20.5. The van der Waals surface area contributed by atoms with Crippen LogP contribution in [0.2, 0.25) is 5.02 Å². The molecule has 2 atom stereocenters. The second-order valence-corrected chi connectivity index (χ2v) is 11.0. The van der Waals surface area contributed by atoms with Crippen molar-refractivity contribution in [1.82, 2.24) is 9.21 Å². The van der Waals surface area contributed by atoms with E-state index in [-0.39, 0.29) is 65.6 Å². The fourth-order valence-corrected chi connectivity index (χ4v) is 6.19. The van der Waals surface area contributed by atoms with E-state index in [0.717, 1.165) is 17.7 Å². The van der Waals surface area contributed by atoms with E-state index >= 15 is 0 Å². The number of ether oxygens (including phenoxy) is 2. The highest BCUT2D eigenvalue weighted by Gasteiger charge is 2.48. The first kappa shape index (κ1) is 25.5. The van der Waals surface area contributed by atoms with E-state index in [1.807, 2.05) is 0 Å². The summed E-state index contributed by atoms with van der Waals surface area (Å²) in [7, 11) is -3.81. The lowest BCUT2D eigenvalue weighted by Crippen LogP contribution is -2.40. The number of esters is 1. The molecule has 2 saturated heterocycles. The number of benzene rings is 1. The molecule has 4 rings (SSSR count). The van der Waals surface area contributed by atoms with Crippen molar-refractivity contribution >= 4 is 51.0 Å². The van der Waals surface area contributed by atoms with E-state index in [4.69, 9.17) is 21.1 Å². The number of carbonyl (C=O) groups is 4. The van der Waals surface area contributed by atoms with Gasteiger partial charge in [0.1, 0.15) is 6.54 Å². The number of hydrogen-bond donors (Lipinski definition) is 1. The fourth-order valence-electron chi connectivity index (χ4n) is 4.59. The minimum absolute atomic E-state index is 0.0380. The van der Waals surface area contributed by atoms with Crippen LogP contribution < -0.4 is 5.32 Å². The van der Waals surface area contributed by atoms with Crippen LogP contribution >= 0.6 is 11.6 Å². The number of likely N-dealkylation sites (tertiary alicyclic amines) is 1. The summed E-state index contributed by atoms with van der Waals surface area (Å²) >= 11 is 6.11. The third-order valence-electron chi connectivity index (χ3n) is 6.40. The number of carbonyl (C=O) groups excluding carboxylic acids is 4. The van der Waals surface area contributed by atoms with Gasteiger partial charge in [-0.1, -0.05) is 24.4 Å². The van der Waals surface area contributed by atoms with E-state index in [0.29, 0.717) is 12.8 Å². The molecule has 35 heavy (non-hydrogen) atoms. The van der Waals surface area contributed by atoms with Crippen molar-refractivity contribution < 1.29 is 37.1 Å². The molecule has 2 aliphatic heterocycles. The van der Waals surface area contributed by atoms with Crippen LogP contribution in [-0.2, 0) is 38.7 Å². The van der Waals surface area contributed by atoms with Crippen molar-refractivity contribution in [2.45, 2.75) is 30.6 Å². The van der Waals surface area contributed by atoms with Gasteiger partial charge in [-0.25, -0.2) is 8.42 Å². The van der Waals surface area contributed by atoms with Crippen LogP contribution in [0.1, 0.15) is 25.7 Å². The van der Waals surface area contributed by atoms with Crippen molar-refractivity contribution in [1.29, 1.82) is 0 Å². The van der Waals surface area contributed by atoms with Gasteiger partial charge in [-0.3, -0.25) is 24.1 Å². The number of sulfonamides is 1. The summed E-state index contributed by atoms with van der Waals surface area (Å²) in [6.07, 6.45) is 3.00. The molecule has 190 valence electrons. The average molecular weight is 528 g/mol. The van der Waals surface area contributed by atoms with Crippen molar-refractivity contribution in [2.75, 3.05) is 44.8 Å². The van der Waals surface area contributed by atoms with E-state index in [1.165, 1.54) is 22.5 Å². The summed E-state index contributed by atoms with van der Waals surface area (Å²) in [5.41, 5.74) is 0.0380. The van der Waals surface area contributed by atoms with Crippen LogP contribution in [-0.4, -0.2) is 80.8 Å². The molecule has 1 aromatic rings. The smallest absolute Gasteiger partial charge is 0.326 e. The highest BCUT2D eigenvalue weighted by Crippen LogP contribution is 2.37. The van der Waals surface area contributed by atoms with Gasteiger partial charge in [0, 0.05) is 13.1 Å². The van der Waals surface area contributed by atoms with Crippen molar-refractivity contribution in [2.24, 2.45) is 11.8 Å². The van der Waals surface area contributed by atoms with Gasteiger partial charge in [-0.15, -0.1) is 0 Å². The number of anilines is 1. The summed E-state index contributed by atoms with van der Waals surface area (Å²) in [6.45, 7) is -0.238. The number of hydrogen-bond acceptors (Lipinski definition) is 8. The van der Waals surface area contributed by atoms with E-state index in [1.54, 1.807) is 0 Å². The maximum absolute atomic E-state index is 12.8. The highest BCUT2D eigenvalue weighted by atomic mass is 35.5. The second-order valence-electron chi connectivity index (χ2n) is 8.63. The summed E-state index contributed by atoms with van der Waals surface area (Å²) in [6, 6.07) is 3.92. The summed E-state index contributed by atoms with van der Waals surface area (Å²) in [5, 5.41) is 2.53. The molecule has 0 aromatic heterocycles. The maximum Gasteiger partial charge on any atom is 0.326 e. The lowest BCUT2D eigenvalue weighted by Gasteiger charge is -2.26. The first-order valence-electron chi connectivity index (χ1n) is 11.4. The molecule has 1 aromatic carbocycles. The SMILES string of the molecule is O=C(COC(=O)CN1C(=O)[C@@H]2CCCC[C@H]2C1=O)Nc1cc(S(=O)(=O)N2CCOCC2)ccc1Cl. The summed E-state index contributed by atoms with van der Waals surface area (Å²) in [4.78, 5) is 50.4. The topological polar surface area (TPSA) is 139 Å². The van der Waals surface area contributed by atoms with Crippen molar-refractivity contribution in [3.8, 4) is 0 Å². The van der Waals surface area contributed by atoms with Crippen molar-refractivity contribution in [3.63, 3.8) is 0 Å². The Kier molecular flexibility index (Phi) is 7.74. The van der Waals surface area contributed by atoms with Crippen LogP contribution in [0.3, 0.4) is 0 Å². The number of nitrogens with one attached hydrogen (secondary N) is 1. The van der Waals surface area contributed by atoms with E-state index in [9.17, 15) is 27.6 Å². The molecule has 3 fully saturated rings. The zero-order valence-electron chi connectivity index (χ0n) is 18.9. The predicted octanol–water partition coefficient (Wildman–Crippen LogP) is 1.02. The van der Waals surface area contributed by atoms with Gasteiger partial charge in [0.2, 0.25) is 21.8 Å². The zero-order chi connectivity index (χ0) is 25.2. The third kappa shape index (κ3) is 5.50. The number of rotatable bonds is 7. The molecule has 0 bridgehead atoms. The molecule has 3 amide bonds. The number of imide groups is 1. The Balaban J connectivity index is 1.33. The molecule has 0 radical (unpaired) electrons. The van der Waals surface area contributed by atoms with Gasteiger partial charge < -0.3 is 14.8 Å². The van der Waals surface area contributed by atoms with Gasteiger partial charge in [0.25, 0.3) is 5.91 Å². The van der Waals surface area contributed by atoms with Gasteiger partial charge >= 0.3 is 5.97 Å². The summed E-state index contributed by atoms with van der Waals surface area (Å²) < 4.78 is 37.1. The molecular weight excluding hydrogens is 502 g/mol. The second kappa shape index (κ2) is 10.6. The molecule has 0 spiro atoms. The van der Waals surface area contributed by atoms with Crippen molar-refractivity contribution in [3.05, 3.63) is 23.2 Å². The molecule has 13 heteroatoms. The van der Waals surface area contributed by atoms with Gasteiger partial charge in [-0.05, 0) is 31.0 Å². The largest absolute Gasteiger partial charge is 0.454 e. The lowest BCUT2D eigenvalue weighted by atomic mass is 9.81. The Morgan fingerprint density at radius 2 is 1.71 bits per heavy atom. The van der Waals surface area contributed by atoms with Gasteiger partial charge in [0.15, 0.2) is 6.61 Å². The number of morpholine rings is 1. The quantitative estimate of drug-likeness (QED) is 0.409. The first-order chi connectivity index (χ1) is 16.7. The standard InChI is InChI=1S/C22H26ClN3O8S/c23-17-6-5-14(35(31,32)25-7-9-33-10-8-25)11-18(17)24-19(27)13-34-20(28)12-26-21(29)15-3-1-2-4-16(15)22(26)30/h5-6,11,15-16H,1-4,7-10,12-13H2,(H,24,27)/t15-,16-/m1/s1. The van der Waals surface area contributed by atoms with Crippen LogP contribution in [0.15, 0.2) is 23.1 Å². The number of amides is 3. The lowest BCUT2D eigenvalue weighted by molar-refractivity contribution is -0.154. The first-order valence-corrected chi connectivity index (χ1v) is 13.2. The van der Waals surface area contributed by atoms with Crippen LogP contribution in [0.4, 0.5) is 5.69 Å². The van der Waals surface area contributed by atoms with Crippen LogP contribution in [0.25, 0.3) is 0 Å². The molecule has 3 aliphatic rings.